The number of sulfone groups is 1. The third-order valence-electron chi connectivity index (χ3n) is 2.90. The fourth-order valence-corrected chi connectivity index (χ4v) is 2.32. The number of unbranched alkanes of at least 4 members (excludes halogenated alkanes) is 1. The standard InChI is InChI=1S/C15H20N2O6S/c1-3-4-8-16-15(20)17-13(18)10-23-14(19)11-6-5-7-12(9-11)24(2,21)22/h5-7,9H,3-4,8,10H2,1-2H3,(H2,16,17,18,20). The van der Waals surface area contributed by atoms with Gasteiger partial charge in [-0.1, -0.05) is 19.4 Å². The Bertz CT molecular complexity index is 714. The third-order valence-corrected chi connectivity index (χ3v) is 4.01. The Balaban J connectivity index is 2.51. The van der Waals surface area contributed by atoms with Gasteiger partial charge in [0.2, 0.25) is 0 Å². The molecule has 3 amide bonds. The fraction of sp³-hybridized carbons (Fsp3) is 0.400. The molecule has 0 aliphatic heterocycles. The Morgan fingerprint density at radius 3 is 2.54 bits per heavy atom. The van der Waals surface area contributed by atoms with E-state index in [0.717, 1.165) is 25.2 Å². The van der Waals surface area contributed by atoms with Crippen LogP contribution in [0.2, 0.25) is 0 Å². The maximum absolute atomic E-state index is 11.8. The molecule has 1 rings (SSSR count). The molecule has 24 heavy (non-hydrogen) atoms. The van der Waals surface area contributed by atoms with Gasteiger partial charge in [-0.15, -0.1) is 0 Å². The molecule has 1 aromatic rings. The van der Waals surface area contributed by atoms with E-state index in [4.69, 9.17) is 4.74 Å². The summed E-state index contributed by atoms with van der Waals surface area (Å²) < 4.78 is 27.6. The highest BCUT2D eigenvalue weighted by molar-refractivity contribution is 7.90. The lowest BCUT2D eigenvalue weighted by Gasteiger charge is -2.07. The predicted octanol–water partition coefficient (Wildman–Crippen LogP) is 0.873. The molecular formula is C15H20N2O6S. The second-order valence-corrected chi connectivity index (χ2v) is 7.05. The van der Waals surface area contributed by atoms with Crippen LogP contribution in [0.1, 0.15) is 30.1 Å². The van der Waals surface area contributed by atoms with Gasteiger partial charge < -0.3 is 10.1 Å². The zero-order chi connectivity index (χ0) is 18.2. The van der Waals surface area contributed by atoms with Gasteiger partial charge in [0.15, 0.2) is 16.4 Å². The van der Waals surface area contributed by atoms with Crippen LogP contribution in [-0.4, -0.2) is 45.7 Å². The first-order chi connectivity index (χ1) is 11.2. The van der Waals surface area contributed by atoms with E-state index in [1.807, 2.05) is 12.2 Å². The normalized spacial score (nSPS) is 10.8. The van der Waals surface area contributed by atoms with E-state index in [2.05, 4.69) is 5.32 Å². The SMILES string of the molecule is CCCCNC(=O)NC(=O)COC(=O)c1cccc(S(C)(=O)=O)c1. The smallest absolute Gasteiger partial charge is 0.338 e. The van der Waals surface area contributed by atoms with Gasteiger partial charge in [0, 0.05) is 12.8 Å². The molecule has 0 fully saturated rings. The van der Waals surface area contributed by atoms with Gasteiger partial charge >= 0.3 is 12.0 Å². The van der Waals surface area contributed by atoms with Gasteiger partial charge in [0.1, 0.15) is 0 Å². The van der Waals surface area contributed by atoms with Crippen molar-refractivity contribution in [3.8, 4) is 0 Å². The quantitative estimate of drug-likeness (QED) is 0.553. The summed E-state index contributed by atoms with van der Waals surface area (Å²) in [5, 5.41) is 4.50. The van der Waals surface area contributed by atoms with E-state index in [9.17, 15) is 22.8 Å². The van der Waals surface area contributed by atoms with Crippen LogP contribution in [0.15, 0.2) is 29.2 Å². The summed E-state index contributed by atoms with van der Waals surface area (Å²) >= 11 is 0. The highest BCUT2D eigenvalue weighted by Gasteiger charge is 2.15. The van der Waals surface area contributed by atoms with Crippen LogP contribution in [0.5, 0.6) is 0 Å². The fourth-order valence-electron chi connectivity index (χ4n) is 1.65. The largest absolute Gasteiger partial charge is 0.452 e. The van der Waals surface area contributed by atoms with Gasteiger partial charge in [0.25, 0.3) is 5.91 Å². The number of carbonyl (C=O) groups excluding carboxylic acids is 3. The summed E-state index contributed by atoms with van der Waals surface area (Å²) in [6.45, 7) is 1.75. The number of hydrogen-bond donors (Lipinski definition) is 2. The van der Waals surface area contributed by atoms with Gasteiger partial charge in [-0.3, -0.25) is 10.1 Å². The number of hydrogen-bond acceptors (Lipinski definition) is 6. The summed E-state index contributed by atoms with van der Waals surface area (Å²) in [6.07, 6.45) is 2.70. The average molecular weight is 356 g/mol. The number of carbonyl (C=O) groups is 3. The van der Waals surface area contributed by atoms with Crippen LogP contribution in [0.3, 0.4) is 0 Å². The molecule has 0 aliphatic carbocycles. The molecule has 132 valence electrons. The molecule has 2 N–H and O–H groups in total. The second kappa shape index (κ2) is 9.02. The van der Waals surface area contributed by atoms with E-state index in [-0.39, 0.29) is 10.5 Å². The Morgan fingerprint density at radius 1 is 1.21 bits per heavy atom. The number of esters is 1. The topological polar surface area (TPSA) is 119 Å². The van der Waals surface area contributed by atoms with Crippen molar-refractivity contribution in [1.29, 1.82) is 0 Å². The number of rotatable bonds is 7. The molecule has 1 aromatic carbocycles. The Kier molecular flexibility index (Phi) is 7.37. The number of benzene rings is 1. The monoisotopic (exact) mass is 356 g/mol. The van der Waals surface area contributed by atoms with Gasteiger partial charge in [-0.25, -0.2) is 18.0 Å². The van der Waals surface area contributed by atoms with Crippen molar-refractivity contribution in [2.24, 2.45) is 0 Å². The first-order valence-corrected chi connectivity index (χ1v) is 9.18. The van der Waals surface area contributed by atoms with Crippen molar-refractivity contribution in [2.75, 3.05) is 19.4 Å². The van der Waals surface area contributed by atoms with Crippen molar-refractivity contribution in [3.05, 3.63) is 29.8 Å². The van der Waals surface area contributed by atoms with Crippen molar-refractivity contribution < 1.29 is 27.5 Å². The molecule has 0 heterocycles. The lowest BCUT2D eigenvalue weighted by Crippen LogP contribution is -2.41. The van der Waals surface area contributed by atoms with Crippen LogP contribution in [0.25, 0.3) is 0 Å². The van der Waals surface area contributed by atoms with Crippen molar-refractivity contribution in [2.45, 2.75) is 24.7 Å². The predicted molar refractivity (Wildman–Crippen MR) is 86.3 cm³/mol. The van der Waals surface area contributed by atoms with E-state index in [1.165, 1.54) is 18.2 Å². The molecule has 0 radical (unpaired) electrons. The van der Waals surface area contributed by atoms with E-state index < -0.39 is 34.4 Å². The maximum Gasteiger partial charge on any atom is 0.338 e. The average Bonchev–Trinajstić information content (AvgIpc) is 2.52. The first-order valence-electron chi connectivity index (χ1n) is 7.29. The molecular weight excluding hydrogens is 336 g/mol. The summed E-state index contributed by atoms with van der Waals surface area (Å²) in [7, 11) is -3.46. The second-order valence-electron chi connectivity index (χ2n) is 5.03. The molecule has 0 saturated carbocycles. The number of urea groups is 1. The van der Waals surface area contributed by atoms with E-state index in [0.29, 0.717) is 6.54 Å². The van der Waals surface area contributed by atoms with Gasteiger partial charge in [0.05, 0.1) is 10.5 Å². The van der Waals surface area contributed by atoms with E-state index >= 15 is 0 Å². The van der Waals surface area contributed by atoms with Crippen LogP contribution >= 0.6 is 0 Å². The van der Waals surface area contributed by atoms with Gasteiger partial charge in [-0.05, 0) is 24.6 Å². The van der Waals surface area contributed by atoms with Crippen molar-refractivity contribution in [1.82, 2.24) is 10.6 Å². The van der Waals surface area contributed by atoms with E-state index in [1.54, 1.807) is 0 Å². The molecule has 0 aromatic heterocycles. The lowest BCUT2D eigenvalue weighted by molar-refractivity contribution is -0.123. The molecule has 0 unspecified atom stereocenters. The number of ether oxygens (including phenoxy) is 1. The van der Waals surface area contributed by atoms with Crippen LogP contribution < -0.4 is 10.6 Å². The number of nitrogens with one attached hydrogen (secondary N) is 2. The zero-order valence-electron chi connectivity index (χ0n) is 13.5. The summed E-state index contributed by atoms with van der Waals surface area (Å²) in [5.41, 5.74) is -0.00174. The number of amides is 3. The summed E-state index contributed by atoms with van der Waals surface area (Å²) in [5.74, 6) is -1.64. The highest BCUT2D eigenvalue weighted by Crippen LogP contribution is 2.12. The Morgan fingerprint density at radius 2 is 1.92 bits per heavy atom. The third kappa shape index (κ3) is 6.78. The van der Waals surface area contributed by atoms with Crippen molar-refractivity contribution >= 4 is 27.7 Å². The van der Waals surface area contributed by atoms with Gasteiger partial charge in [-0.2, -0.15) is 0 Å². The van der Waals surface area contributed by atoms with Crippen LogP contribution in [0, 0.1) is 0 Å². The lowest BCUT2D eigenvalue weighted by atomic mass is 10.2. The minimum atomic E-state index is -3.46. The molecule has 0 spiro atoms. The van der Waals surface area contributed by atoms with Crippen LogP contribution in [0.4, 0.5) is 4.79 Å². The first kappa shape index (κ1) is 19.6. The molecule has 0 saturated heterocycles. The minimum Gasteiger partial charge on any atom is -0.452 e. The Labute approximate surface area is 140 Å². The maximum atomic E-state index is 11.8. The highest BCUT2D eigenvalue weighted by atomic mass is 32.2. The summed E-state index contributed by atoms with van der Waals surface area (Å²) in [4.78, 5) is 34.6. The minimum absolute atomic E-state index is 0.00174. The van der Waals surface area contributed by atoms with Crippen LogP contribution in [-0.2, 0) is 19.4 Å². The zero-order valence-corrected chi connectivity index (χ0v) is 14.3. The molecule has 9 heteroatoms. The molecule has 0 aliphatic rings. The summed E-state index contributed by atoms with van der Waals surface area (Å²) in [6, 6.07) is 4.61. The number of imide groups is 1. The molecule has 8 nitrogen and oxygen atoms in total. The molecule has 0 atom stereocenters. The molecule has 0 bridgehead atoms. The van der Waals surface area contributed by atoms with Crippen molar-refractivity contribution in [3.63, 3.8) is 0 Å². The Hall–Kier alpha value is -2.42.